The monoisotopic (exact) mass is 428 g/mol. The van der Waals surface area contributed by atoms with Crippen molar-refractivity contribution >= 4 is 11.7 Å². The molecule has 2 aromatic rings. The topological polar surface area (TPSA) is 67.9 Å². The average molecular weight is 429 g/mol. The van der Waals surface area contributed by atoms with Gasteiger partial charge in [0.1, 0.15) is 11.6 Å². The van der Waals surface area contributed by atoms with Gasteiger partial charge in [-0.25, -0.2) is 4.39 Å². The molecule has 1 aliphatic rings. The van der Waals surface area contributed by atoms with E-state index in [0.717, 1.165) is 18.7 Å². The van der Waals surface area contributed by atoms with Crippen LogP contribution in [0, 0.1) is 5.82 Å². The van der Waals surface area contributed by atoms with Crippen molar-refractivity contribution in [2.75, 3.05) is 39.5 Å². The van der Waals surface area contributed by atoms with Crippen molar-refractivity contribution in [3.63, 3.8) is 0 Å². The van der Waals surface area contributed by atoms with Gasteiger partial charge in [-0.05, 0) is 55.3 Å². The first kappa shape index (κ1) is 22.9. The second-order valence-corrected chi connectivity index (χ2v) is 7.55. The molecular weight excluding hydrogens is 399 g/mol. The van der Waals surface area contributed by atoms with E-state index in [-0.39, 0.29) is 23.5 Å². The number of nitrogens with zero attached hydrogens (tertiary/aromatic N) is 1. The highest BCUT2D eigenvalue weighted by molar-refractivity contribution is 5.94. The number of carbonyl (C=O) groups excluding carboxylic acids is 2. The Kier molecular flexibility index (Phi) is 8.55. The molecule has 0 radical (unpaired) electrons. The minimum Gasteiger partial charge on any atom is -0.494 e. The van der Waals surface area contributed by atoms with Crippen molar-refractivity contribution in [3.05, 3.63) is 65.5 Å². The summed E-state index contributed by atoms with van der Waals surface area (Å²) in [5.41, 5.74) is 1.61. The quantitative estimate of drug-likeness (QED) is 0.464. The van der Waals surface area contributed by atoms with Crippen LogP contribution >= 0.6 is 0 Å². The van der Waals surface area contributed by atoms with Crippen LogP contribution in [0.4, 0.5) is 4.39 Å². The third-order valence-electron chi connectivity index (χ3n) is 5.31. The van der Waals surface area contributed by atoms with Gasteiger partial charge in [-0.1, -0.05) is 12.1 Å². The van der Waals surface area contributed by atoms with E-state index in [9.17, 15) is 14.0 Å². The maximum Gasteiger partial charge on any atom is 0.220 e. The van der Waals surface area contributed by atoms with Crippen molar-refractivity contribution in [2.45, 2.75) is 25.8 Å². The van der Waals surface area contributed by atoms with Gasteiger partial charge in [0, 0.05) is 31.6 Å². The molecule has 1 heterocycles. The summed E-state index contributed by atoms with van der Waals surface area (Å²) in [6, 6.07) is 13.4. The third-order valence-corrected chi connectivity index (χ3v) is 5.31. The fourth-order valence-corrected chi connectivity index (χ4v) is 3.54. The van der Waals surface area contributed by atoms with Crippen LogP contribution in [0.3, 0.4) is 0 Å². The predicted octanol–water partition coefficient (Wildman–Crippen LogP) is 3.38. The normalized spacial score (nSPS) is 15.3. The summed E-state index contributed by atoms with van der Waals surface area (Å²) in [5.74, 6) is 0.369. The Labute approximate surface area is 182 Å². The maximum atomic E-state index is 13.3. The van der Waals surface area contributed by atoms with E-state index >= 15 is 0 Å². The number of morpholine rings is 1. The molecule has 1 fully saturated rings. The van der Waals surface area contributed by atoms with Gasteiger partial charge in [0.05, 0.1) is 25.9 Å². The van der Waals surface area contributed by atoms with E-state index in [1.165, 1.54) is 19.1 Å². The van der Waals surface area contributed by atoms with Crippen LogP contribution in [0.5, 0.6) is 5.75 Å². The predicted molar refractivity (Wildman–Crippen MR) is 116 cm³/mol. The molecule has 1 saturated heterocycles. The summed E-state index contributed by atoms with van der Waals surface area (Å²) in [4.78, 5) is 25.9. The van der Waals surface area contributed by atoms with Gasteiger partial charge in [0.2, 0.25) is 5.91 Å². The highest BCUT2D eigenvalue weighted by Crippen LogP contribution is 2.22. The van der Waals surface area contributed by atoms with Crippen LogP contribution in [0.2, 0.25) is 0 Å². The number of hydrogen-bond acceptors (Lipinski definition) is 5. The van der Waals surface area contributed by atoms with Crippen LogP contribution in [-0.4, -0.2) is 56.0 Å². The van der Waals surface area contributed by atoms with Gasteiger partial charge in [-0.2, -0.15) is 0 Å². The van der Waals surface area contributed by atoms with Gasteiger partial charge < -0.3 is 14.8 Å². The van der Waals surface area contributed by atoms with E-state index in [1.54, 1.807) is 36.4 Å². The van der Waals surface area contributed by atoms with E-state index in [0.29, 0.717) is 50.5 Å². The highest BCUT2D eigenvalue weighted by Gasteiger charge is 2.23. The molecule has 1 unspecified atom stereocenters. The molecule has 7 heteroatoms. The largest absolute Gasteiger partial charge is 0.494 e. The Balaban J connectivity index is 1.44. The molecule has 3 rings (SSSR count). The van der Waals surface area contributed by atoms with Crippen LogP contribution in [0.25, 0.3) is 0 Å². The van der Waals surface area contributed by atoms with E-state index < -0.39 is 0 Å². The van der Waals surface area contributed by atoms with Crippen molar-refractivity contribution in [3.8, 4) is 5.75 Å². The number of ether oxygens (including phenoxy) is 2. The number of halogens is 1. The number of carbonyl (C=O) groups is 2. The molecule has 0 spiro atoms. The molecule has 31 heavy (non-hydrogen) atoms. The molecule has 1 amide bonds. The lowest BCUT2D eigenvalue weighted by Crippen LogP contribution is -2.43. The third kappa shape index (κ3) is 7.15. The van der Waals surface area contributed by atoms with E-state index in [2.05, 4.69) is 10.2 Å². The van der Waals surface area contributed by atoms with Gasteiger partial charge in [0.15, 0.2) is 5.78 Å². The molecule has 166 valence electrons. The summed E-state index contributed by atoms with van der Waals surface area (Å²) in [5, 5.41) is 3.00. The Morgan fingerprint density at radius 1 is 1.10 bits per heavy atom. The van der Waals surface area contributed by atoms with Crippen LogP contribution in [0.15, 0.2) is 48.5 Å². The number of Topliss-reactive ketones (excluding diaryl/α,β-unsaturated/α-hetero) is 1. The summed E-state index contributed by atoms with van der Waals surface area (Å²) in [6.45, 7) is 5.23. The second kappa shape index (κ2) is 11.6. The first-order chi connectivity index (χ1) is 15.0. The first-order valence-corrected chi connectivity index (χ1v) is 10.6. The second-order valence-electron chi connectivity index (χ2n) is 7.55. The molecule has 0 bridgehead atoms. The van der Waals surface area contributed by atoms with Gasteiger partial charge >= 0.3 is 0 Å². The van der Waals surface area contributed by atoms with E-state index in [1.807, 2.05) is 0 Å². The standard InChI is InChI=1S/C24H29FN2O4/c1-18(28)19-6-10-22(11-7-19)31-14-2-3-24(29)26-17-23(27-12-15-30-16-13-27)20-4-8-21(25)9-5-20/h4-11,23H,2-3,12-17H2,1H3,(H,26,29). The lowest BCUT2D eigenvalue weighted by Gasteiger charge is -2.35. The summed E-state index contributed by atoms with van der Waals surface area (Å²) in [7, 11) is 0. The maximum absolute atomic E-state index is 13.3. The highest BCUT2D eigenvalue weighted by atomic mass is 19.1. The molecule has 2 aromatic carbocycles. The van der Waals surface area contributed by atoms with Crippen molar-refractivity contribution < 1.29 is 23.5 Å². The van der Waals surface area contributed by atoms with E-state index in [4.69, 9.17) is 9.47 Å². The molecular formula is C24H29FN2O4. The molecule has 6 nitrogen and oxygen atoms in total. The number of amides is 1. The number of ketones is 1. The first-order valence-electron chi connectivity index (χ1n) is 10.6. The Morgan fingerprint density at radius 3 is 2.42 bits per heavy atom. The van der Waals surface area contributed by atoms with Crippen LogP contribution < -0.4 is 10.1 Å². The van der Waals surface area contributed by atoms with Crippen LogP contribution in [-0.2, 0) is 9.53 Å². The van der Waals surface area contributed by atoms with Gasteiger partial charge in [-0.3, -0.25) is 14.5 Å². The average Bonchev–Trinajstić information content (AvgIpc) is 2.79. The summed E-state index contributed by atoms with van der Waals surface area (Å²) < 4.78 is 24.4. The zero-order chi connectivity index (χ0) is 22.1. The molecule has 1 N–H and O–H groups in total. The van der Waals surface area contributed by atoms with Crippen molar-refractivity contribution in [2.24, 2.45) is 0 Å². The van der Waals surface area contributed by atoms with Crippen molar-refractivity contribution in [1.29, 1.82) is 0 Å². The number of hydrogen-bond donors (Lipinski definition) is 1. The zero-order valence-electron chi connectivity index (χ0n) is 17.8. The smallest absolute Gasteiger partial charge is 0.220 e. The SMILES string of the molecule is CC(=O)c1ccc(OCCCC(=O)NCC(c2ccc(F)cc2)N2CCOCC2)cc1. The molecule has 0 saturated carbocycles. The molecule has 0 aliphatic carbocycles. The van der Waals surface area contributed by atoms with Crippen molar-refractivity contribution in [1.82, 2.24) is 10.2 Å². The van der Waals surface area contributed by atoms with Gasteiger partial charge in [0.25, 0.3) is 0 Å². The minimum absolute atomic E-state index is 0.0132. The Bertz CT molecular complexity index is 849. The zero-order valence-corrected chi connectivity index (χ0v) is 17.8. The number of rotatable bonds is 10. The number of benzene rings is 2. The van der Waals surface area contributed by atoms with Gasteiger partial charge in [-0.15, -0.1) is 0 Å². The minimum atomic E-state index is -0.274. The van der Waals surface area contributed by atoms with Crippen LogP contribution in [0.1, 0.15) is 41.7 Å². The summed E-state index contributed by atoms with van der Waals surface area (Å²) >= 11 is 0. The lowest BCUT2D eigenvalue weighted by atomic mass is 10.0. The Hall–Kier alpha value is -2.77. The molecule has 1 aliphatic heterocycles. The Morgan fingerprint density at radius 2 is 1.77 bits per heavy atom. The summed E-state index contributed by atoms with van der Waals surface area (Å²) in [6.07, 6.45) is 0.934. The fourth-order valence-electron chi connectivity index (χ4n) is 3.54. The molecule has 0 aromatic heterocycles. The fraction of sp³-hybridized carbons (Fsp3) is 0.417. The lowest BCUT2D eigenvalue weighted by molar-refractivity contribution is -0.121. The molecule has 1 atom stereocenters. The number of nitrogens with one attached hydrogen (secondary N) is 1.